The molecule has 1 saturated carbocycles. The van der Waals surface area contributed by atoms with Gasteiger partial charge in [-0.3, -0.25) is 0 Å². The van der Waals surface area contributed by atoms with Crippen LogP contribution in [0.5, 0.6) is 0 Å². The van der Waals surface area contributed by atoms with Crippen molar-refractivity contribution in [3.63, 3.8) is 0 Å². The van der Waals surface area contributed by atoms with E-state index in [9.17, 15) is 0 Å². The fourth-order valence-corrected chi connectivity index (χ4v) is 3.99. The molecule has 1 aromatic carbocycles. The molecule has 1 unspecified atom stereocenters. The van der Waals surface area contributed by atoms with Gasteiger partial charge in [0.05, 0.1) is 19.6 Å². The van der Waals surface area contributed by atoms with Crippen LogP contribution in [0.25, 0.3) is 0 Å². The summed E-state index contributed by atoms with van der Waals surface area (Å²) in [5, 5.41) is 0.859. The van der Waals surface area contributed by atoms with Gasteiger partial charge >= 0.3 is 0 Å². The highest BCUT2D eigenvalue weighted by Crippen LogP contribution is 2.49. The minimum absolute atomic E-state index is 0. The fourth-order valence-electron chi connectivity index (χ4n) is 3.86. The van der Waals surface area contributed by atoms with Crippen molar-refractivity contribution in [1.82, 2.24) is 0 Å². The van der Waals surface area contributed by atoms with Crippen molar-refractivity contribution in [2.24, 2.45) is 5.92 Å². The van der Waals surface area contributed by atoms with Crippen LogP contribution in [0.15, 0.2) is 24.3 Å². The Kier molecular flexibility index (Phi) is 5.18. The number of rotatable bonds is 4. The molecule has 1 nitrogen and oxygen atoms in total. The van der Waals surface area contributed by atoms with Gasteiger partial charge in [0.1, 0.15) is 6.04 Å². The van der Waals surface area contributed by atoms with Gasteiger partial charge in [0.15, 0.2) is 0 Å². The van der Waals surface area contributed by atoms with E-state index >= 15 is 0 Å². The number of hydrogen-bond donors (Lipinski definition) is 0. The first-order valence-corrected chi connectivity index (χ1v) is 7.74. The summed E-state index contributed by atoms with van der Waals surface area (Å²) in [5.74, 6) is 0.921. The Morgan fingerprint density at radius 3 is 2.21 bits per heavy atom. The maximum absolute atomic E-state index is 6.03. The Morgan fingerprint density at radius 2 is 1.74 bits per heavy atom. The highest BCUT2D eigenvalue weighted by atomic mass is 127. The maximum Gasteiger partial charge on any atom is 0.117 e. The van der Waals surface area contributed by atoms with Crippen LogP contribution in [-0.2, 0) is 0 Å². The minimum atomic E-state index is 0. The molecular weight excluding hydrogens is 369 g/mol. The van der Waals surface area contributed by atoms with Crippen LogP contribution in [0, 0.1) is 5.92 Å². The van der Waals surface area contributed by atoms with E-state index in [0.29, 0.717) is 0 Å². The fraction of sp³-hybridized carbons (Fsp3) is 0.625. The zero-order chi connectivity index (χ0) is 12.6. The lowest BCUT2D eigenvalue weighted by Gasteiger charge is -2.41. The van der Waals surface area contributed by atoms with E-state index in [1.165, 1.54) is 55.4 Å². The standard InChI is InChI=1S/C16H23ClN.HI/c1-2-18(11-3-4-12-18)16(13-5-6-13)14-7-9-15(17)10-8-14;/h7-10,13,16H,2-6,11-12H2,1H3;1H/q+1;/p-1. The van der Waals surface area contributed by atoms with Gasteiger partial charge in [-0.25, -0.2) is 0 Å². The van der Waals surface area contributed by atoms with Crippen LogP contribution in [0.3, 0.4) is 0 Å². The molecule has 0 spiro atoms. The molecule has 1 aromatic rings. The molecule has 1 saturated heterocycles. The third-order valence-corrected chi connectivity index (χ3v) is 5.21. The number of benzene rings is 1. The summed E-state index contributed by atoms with van der Waals surface area (Å²) in [7, 11) is 0. The first kappa shape index (κ1) is 15.6. The third-order valence-electron chi connectivity index (χ3n) is 4.96. The van der Waals surface area contributed by atoms with Crippen LogP contribution in [0.2, 0.25) is 5.02 Å². The molecule has 0 aromatic heterocycles. The summed E-state index contributed by atoms with van der Waals surface area (Å²) in [4.78, 5) is 0. The van der Waals surface area contributed by atoms with Crippen LogP contribution < -0.4 is 24.0 Å². The van der Waals surface area contributed by atoms with Crippen LogP contribution in [-0.4, -0.2) is 24.1 Å². The summed E-state index contributed by atoms with van der Waals surface area (Å²) in [6.07, 6.45) is 5.66. The molecule has 2 fully saturated rings. The van der Waals surface area contributed by atoms with Crippen molar-refractivity contribution in [3.05, 3.63) is 34.9 Å². The molecule has 0 radical (unpaired) electrons. The molecule has 0 amide bonds. The highest BCUT2D eigenvalue weighted by molar-refractivity contribution is 6.30. The van der Waals surface area contributed by atoms with E-state index in [0.717, 1.165) is 17.0 Å². The smallest absolute Gasteiger partial charge is 0.117 e. The molecule has 19 heavy (non-hydrogen) atoms. The van der Waals surface area contributed by atoms with Gasteiger partial charge in [0.2, 0.25) is 0 Å². The average Bonchev–Trinajstić information content (AvgIpc) is 3.10. The zero-order valence-corrected chi connectivity index (χ0v) is 14.5. The van der Waals surface area contributed by atoms with Crippen molar-refractivity contribution < 1.29 is 28.5 Å². The number of hydrogen-bond acceptors (Lipinski definition) is 0. The normalized spacial score (nSPS) is 22.8. The van der Waals surface area contributed by atoms with E-state index in [1.807, 2.05) is 0 Å². The van der Waals surface area contributed by atoms with Crippen molar-refractivity contribution in [3.8, 4) is 0 Å². The Labute approximate surface area is 138 Å². The van der Waals surface area contributed by atoms with Crippen molar-refractivity contribution in [2.45, 2.75) is 38.6 Å². The molecule has 1 heterocycles. The lowest BCUT2D eigenvalue weighted by Crippen LogP contribution is -3.00. The predicted octanol–water partition coefficient (Wildman–Crippen LogP) is 1.43. The molecular formula is C16H23ClIN. The minimum Gasteiger partial charge on any atom is -1.00 e. The highest BCUT2D eigenvalue weighted by Gasteiger charge is 2.47. The quantitative estimate of drug-likeness (QED) is 0.538. The second kappa shape index (κ2) is 6.31. The SMILES string of the molecule is CC[N+]1(C(c2ccc(Cl)cc2)C2CC2)CCCC1.[I-]. The summed E-state index contributed by atoms with van der Waals surface area (Å²) in [6.45, 7) is 6.40. The first-order valence-electron chi connectivity index (χ1n) is 7.36. The predicted molar refractivity (Wildman–Crippen MR) is 76.7 cm³/mol. The largest absolute Gasteiger partial charge is 1.00 e. The summed E-state index contributed by atoms with van der Waals surface area (Å²) >= 11 is 6.03. The molecule has 106 valence electrons. The van der Waals surface area contributed by atoms with Crippen LogP contribution in [0.1, 0.15) is 44.2 Å². The van der Waals surface area contributed by atoms with Gasteiger partial charge in [-0.2, -0.15) is 0 Å². The lowest BCUT2D eigenvalue weighted by atomic mass is 9.98. The number of nitrogens with zero attached hydrogens (tertiary/aromatic N) is 1. The number of quaternary nitrogens is 1. The molecule has 1 aliphatic heterocycles. The Bertz CT molecular complexity index is 407. The zero-order valence-electron chi connectivity index (χ0n) is 11.6. The van der Waals surface area contributed by atoms with E-state index < -0.39 is 0 Å². The maximum atomic E-state index is 6.03. The Hall–Kier alpha value is 0.200. The molecule has 2 aliphatic rings. The van der Waals surface area contributed by atoms with Crippen molar-refractivity contribution >= 4 is 11.6 Å². The second-order valence-corrected chi connectivity index (χ2v) is 6.46. The summed E-state index contributed by atoms with van der Waals surface area (Å²) in [6, 6.07) is 9.39. The van der Waals surface area contributed by atoms with E-state index in [2.05, 4.69) is 31.2 Å². The number of likely N-dealkylation sites (tertiary alicyclic amines) is 1. The second-order valence-electron chi connectivity index (χ2n) is 6.02. The molecule has 1 atom stereocenters. The molecule has 3 rings (SSSR count). The van der Waals surface area contributed by atoms with Gasteiger partial charge in [0, 0.05) is 29.3 Å². The van der Waals surface area contributed by atoms with Gasteiger partial charge in [0.25, 0.3) is 0 Å². The molecule has 1 aliphatic carbocycles. The van der Waals surface area contributed by atoms with E-state index in [1.54, 1.807) is 0 Å². The number of halogens is 2. The van der Waals surface area contributed by atoms with E-state index in [-0.39, 0.29) is 24.0 Å². The van der Waals surface area contributed by atoms with Gasteiger partial charge in [-0.15, -0.1) is 0 Å². The Morgan fingerprint density at radius 1 is 1.16 bits per heavy atom. The van der Waals surface area contributed by atoms with Gasteiger partial charge < -0.3 is 28.5 Å². The topological polar surface area (TPSA) is 0 Å². The van der Waals surface area contributed by atoms with Crippen LogP contribution in [0.4, 0.5) is 0 Å². The van der Waals surface area contributed by atoms with Gasteiger partial charge in [-0.1, -0.05) is 23.7 Å². The monoisotopic (exact) mass is 391 g/mol. The lowest BCUT2D eigenvalue weighted by molar-refractivity contribution is -0.947. The van der Waals surface area contributed by atoms with Crippen molar-refractivity contribution in [1.29, 1.82) is 0 Å². The average molecular weight is 392 g/mol. The van der Waals surface area contributed by atoms with Crippen LogP contribution >= 0.6 is 11.6 Å². The van der Waals surface area contributed by atoms with Gasteiger partial charge in [-0.05, 0) is 31.9 Å². The molecule has 0 bridgehead atoms. The third kappa shape index (κ3) is 3.11. The molecule has 0 N–H and O–H groups in total. The summed E-state index contributed by atoms with van der Waals surface area (Å²) in [5.41, 5.74) is 1.52. The summed E-state index contributed by atoms with van der Waals surface area (Å²) < 4.78 is 1.33. The van der Waals surface area contributed by atoms with Crippen molar-refractivity contribution in [2.75, 3.05) is 19.6 Å². The molecule has 3 heteroatoms. The Balaban J connectivity index is 0.00000133. The first-order chi connectivity index (χ1) is 8.75. The van der Waals surface area contributed by atoms with E-state index in [4.69, 9.17) is 11.6 Å².